The number of hydrogen-bond donors (Lipinski definition) is 2. The molecule has 0 atom stereocenters. The maximum Gasteiger partial charge on any atom is 0.220 e. The van der Waals surface area contributed by atoms with Gasteiger partial charge in [0.1, 0.15) is 21.9 Å². The van der Waals surface area contributed by atoms with Crippen LogP contribution in [0.15, 0.2) is 30.3 Å². The first-order chi connectivity index (χ1) is 10.2. The second-order valence-corrected chi connectivity index (χ2v) is 5.21. The molecule has 0 aliphatic heterocycles. The maximum atomic E-state index is 13.4. The van der Waals surface area contributed by atoms with Crippen molar-refractivity contribution in [1.82, 2.24) is 9.97 Å². The first-order valence-corrected chi connectivity index (χ1v) is 7.12. The Morgan fingerprint density at radius 1 is 1.10 bits per heavy atom. The summed E-state index contributed by atoms with van der Waals surface area (Å²) in [5.41, 5.74) is 1.19. The number of halogens is 1. The average Bonchev–Trinajstić information content (AvgIpc) is 2.91. The van der Waals surface area contributed by atoms with Crippen LogP contribution in [0.5, 0.6) is 11.6 Å². The van der Waals surface area contributed by atoms with Gasteiger partial charge in [0, 0.05) is 26.2 Å². The fourth-order valence-electron chi connectivity index (χ4n) is 1.84. The van der Waals surface area contributed by atoms with Crippen molar-refractivity contribution in [2.75, 3.05) is 24.7 Å². The maximum absolute atomic E-state index is 13.4. The lowest BCUT2D eigenvalue weighted by Crippen LogP contribution is -1.94. The van der Waals surface area contributed by atoms with Crippen molar-refractivity contribution >= 4 is 32.5 Å². The van der Waals surface area contributed by atoms with Crippen molar-refractivity contribution in [3.63, 3.8) is 0 Å². The first kappa shape index (κ1) is 13.6. The molecule has 0 aliphatic carbocycles. The molecule has 0 fully saturated rings. The van der Waals surface area contributed by atoms with E-state index in [0.717, 1.165) is 15.5 Å². The van der Waals surface area contributed by atoms with Crippen LogP contribution in [0.4, 0.5) is 15.2 Å². The molecule has 0 saturated heterocycles. The molecular weight excluding hydrogens is 291 g/mol. The number of aromatic nitrogens is 2. The van der Waals surface area contributed by atoms with Gasteiger partial charge in [0.2, 0.25) is 5.88 Å². The minimum Gasteiger partial charge on any atom is -0.439 e. The van der Waals surface area contributed by atoms with Crippen LogP contribution in [0, 0.1) is 5.82 Å². The van der Waals surface area contributed by atoms with Gasteiger partial charge in [-0.05, 0) is 18.2 Å². The topological polar surface area (TPSA) is 59.1 Å². The molecule has 0 aliphatic rings. The van der Waals surface area contributed by atoms with E-state index in [9.17, 15) is 4.39 Å². The minimum atomic E-state index is -0.325. The van der Waals surface area contributed by atoms with E-state index in [-0.39, 0.29) is 5.82 Å². The van der Waals surface area contributed by atoms with Gasteiger partial charge >= 0.3 is 0 Å². The van der Waals surface area contributed by atoms with Gasteiger partial charge in [0.25, 0.3) is 0 Å². The van der Waals surface area contributed by atoms with E-state index in [1.807, 2.05) is 13.1 Å². The fraction of sp³-hybridized carbons (Fsp3) is 0.143. The van der Waals surface area contributed by atoms with Crippen LogP contribution >= 0.6 is 11.3 Å². The normalized spacial score (nSPS) is 10.6. The molecule has 7 heteroatoms. The van der Waals surface area contributed by atoms with E-state index in [2.05, 4.69) is 20.6 Å². The summed E-state index contributed by atoms with van der Waals surface area (Å²) in [6, 6.07) is 8.09. The number of fused-ring (bicyclic) bond motifs is 1. The predicted octanol–water partition coefficient (Wildman–Crippen LogP) is 3.71. The van der Waals surface area contributed by atoms with Gasteiger partial charge in [-0.3, -0.25) is 0 Å². The lowest BCUT2D eigenvalue weighted by atomic mass is 10.3. The molecule has 0 radical (unpaired) electrons. The van der Waals surface area contributed by atoms with Crippen LogP contribution in [-0.4, -0.2) is 24.1 Å². The number of nitrogens with zero attached hydrogens (tertiary/aromatic N) is 2. The Morgan fingerprint density at radius 3 is 2.71 bits per heavy atom. The van der Waals surface area contributed by atoms with Crippen molar-refractivity contribution in [2.45, 2.75) is 0 Å². The zero-order valence-corrected chi connectivity index (χ0v) is 12.3. The second kappa shape index (κ2) is 5.53. The summed E-state index contributed by atoms with van der Waals surface area (Å²) in [4.78, 5) is 9.53. The summed E-state index contributed by atoms with van der Waals surface area (Å²) < 4.78 is 19.1. The van der Waals surface area contributed by atoms with Gasteiger partial charge < -0.3 is 15.4 Å². The van der Waals surface area contributed by atoms with E-state index in [4.69, 9.17) is 4.74 Å². The summed E-state index contributed by atoms with van der Waals surface area (Å²) >= 11 is 1.45. The standard InChI is InChI=1S/C14H13FN4OS/c1-16-11-7-8(3-4-9(11)15)20-12-6-5-10-13(19-12)21-14(17-2)18-10/h3-7,16H,1-2H3,(H,17,18). The van der Waals surface area contributed by atoms with Crippen LogP contribution < -0.4 is 15.4 Å². The molecule has 1 aromatic carbocycles. The highest BCUT2D eigenvalue weighted by atomic mass is 32.1. The number of ether oxygens (including phenoxy) is 1. The molecular formula is C14H13FN4OS. The Hall–Kier alpha value is -2.41. The quantitative estimate of drug-likeness (QED) is 0.769. The molecule has 5 nitrogen and oxygen atoms in total. The van der Waals surface area contributed by atoms with E-state index >= 15 is 0 Å². The smallest absolute Gasteiger partial charge is 0.220 e. The van der Waals surface area contributed by atoms with Crippen LogP contribution in [0.25, 0.3) is 10.3 Å². The SMILES string of the molecule is CNc1nc2ccc(Oc3ccc(F)c(NC)c3)nc2s1. The Morgan fingerprint density at radius 2 is 1.95 bits per heavy atom. The molecule has 3 rings (SSSR count). The molecule has 21 heavy (non-hydrogen) atoms. The molecule has 0 saturated carbocycles. The van der Waals surface area contributed by atoms with E-state index in [1.54, 1.807) is 25.2 Å². The summed E-state index contributed by atoms with van der Waals surface area (Å²) in [5, 5.41) is 6.55. The zero-order valence-electron chi connectivity index (χ0n) is 11.5. The lowest BCUT2D eigenvalue weighted by Gasteiger charge is -2.07. The van der Waals surface area contributed by atoms with Gasteiger partial charge in [0.05, 0.1) is 5.69 Å². The third-order valence-electron chi connectivity index (χ3n) is 2.87. The van der Waals surface area contributed by atoms with Gasteiger partial charge in [-0.2, -0.15) is 0 Å². The molecule has 2 heterocycles. The fourth-order valence-corrected chi connectivity index (χ4v) is 2.63. The summed E-state index contributed by atoms with van der Waals surface area (Å²) in [6.45, 7) is 0. The van der Waals surface area contributed by atoms with Crippen molar-refractivity contribution in [2.24, 2.45) is 0 Å². The van der Waals surface area contributed by atoms with Gasteiger partial charge in [-0.15, -0.1) is 0 Å². The average molecular weight is 304 g/mol. The van der Waals surface area contributed by atoms with Crippen molar-refractivity contribution < 1.29 is 9.13 Å². The number of thiazole rings is 1. The number of nitrogens with one attached hydrogen (secondary N) is 2. The van der Waals surface area contributed by atoms with Crippen LogP contribution in [0.3, 0.4) is 0 Å². The Labute approximate surface area is 124 Å². The molecule has 0 unspecified atom stereocenters. The van der Waals surface area contributed by atoms with Crippen LogP contribution in [0.1, 0.15) is 0 Å². The Bertz CT molecular complexity index is 790. The second-order valence-electron chi connectivity index (χ2n) is 4.24. The summed E-state index contributed by atoms with van der Waals surface area (Å²) in [7, 11) is 3.47. The first-order valence-electron chi connectivity index (χ1n) is 6.30. The Kier molecular flexibility index (Phi) is 3.57. The molecule has 0 amide bonds. The van der Waals surface area contributed by atoms with Crippen molar-refractivity contribution in [3.8, 4) is 11.6 Å². The van der Waals surface area contributed by atoms with Gasteiger partial charge in [0.15, 0.2) is 5.13 Å². The molecule has 2 N–H and O–H groups in total. The summed E-state index contributed by atoms with van der Waals surface area (Å²) in [5.74, 6) is 0.641. The third-order valence-corrected chi connectivity index (χ3v) is 3.86. The Balaban J connectivity index is 1.90. The third kappa shape index (κ3) is 2.73. The lowest BCUT2D eigenvalue weighted by molar-refractivity contribution is 0.464. The highest BCUT2D eigenvalue weighted by molar-refractivity contribution is 7.21. The van der Waals surface area contributed by atoms with E-state index < -0.39 is 0 Å². The predicted molar refractivity (Wildman–Crippen MR) is 83.0 cm³/mol. The van der Waals surface area contributed by atoms with Crippen molar-refractivity contribution in [1.29, 1.82) is 0 Å². The molecule has 108 valence electrons. The largest absolute Gasteiger partial charge is 0.439 e. The number of anilines is 2. The van der Waals surface area contributed by atoms with Gasteiger partial charge in [-0.25, -0.2) is 14.4 Å². The number of pyridine rings is 1. The summed E-state index contributed by atoms with van der Waals surface area (Å²) in [6.07, 6.45) is 0. The van der Waals surface area contributed by atoms with E-state index in [1.165, 1.54) is 17.4 Å². The molecule has 0 spiro atoms. The van der Waals surface area contributed by atoms with Crippen LogP contribution in [-0.2, 0) is 0 Å². The van der Waals surface area contributed by atoms with Crippen molar-refractivity contribution in [3.05, 3.63) is 36.1 Å². The minimum absolute atomic E-state index is 0.325. The highest BCUT2D eigenvalue weighted by Gasteiger charge is 2.08. The van der Waals surface area contributed by atoms with Gasteiger partial charge in [-0.1, -0.05) is 11.3 Å². The van der Waals surface area contributed by atoms with Crippen LogP contribution in [0.2, 0.25) is 0 Å². The molecule has 3 aromatic rings. The molecule has 0 bridgehead atoms. The van der Waals surface area contributed by atoms with E-state index in [0.29, 0.717) is 17.3 Å². The zero-order chi connectivity index (χ0) is 14.8. The monoisotopic (exact) mass is 304 g/mol. The number of benzene rings is 1. The number of rotatable bonds is 4. The number of hydrogen-bond acceptors (Lipinski definition) is 6. The highest BCUT2D eigenvalue weighted by Crippen LogP contribution is 2.29. The molecule has 2 aromatic heterocycles.